The smallest absolute Gasteiger partial charge is 0.0872 e. The van der Waals surface area contributed by atoms with Crippen LogP contribution in [0, 0.1) is 6.92 Å². The average Bonchev–Trinajstić information content (AvgIpc) is 2.29. The van der Waals surface area contributed by atoms with E-state index in [0.29, 0.717) is 0 Å². The highest BCUT2D eigenvalue weighted by Crippen LogP contribution is 2.11. The number of aromatic nitrogens is 1. The lowest BCUT2D eigenvalue weighted by Gasteiger charge is -2.24. The predicted octanol–water partition coefficient (Wildman–Crippen LogP) is 0.790. The van der Waals surface area contributed by atoms with Crippen molar-refractivity contribution in [3.05, 3.63) is 24.0 Å². The van der Waals surface area contributed by atoms with Crippen LogP contribution in [-0.4, -0.2) is 37.3 Å². The summed E-state index contributed by atoms with van der Waals surface area (Å²) in [5, 5.41) is 6.69. The first-order valence-electron chi connectivity index (χ1n) is 5.33. The van der Waals surface area contributed by atoms with Gasteiger partial charge in [0.15, 0.2) is 0 Å². The minimum absolute atomic E-state index is 0.270. The molecule has 2 heterocycles. The van der Waals surface area contributed by atoms with Gasteiger partial charge in [0, 0.05) is 37.7 Å². The van der Waals surface area contributed by atoms with Crippen LogP contribution in [-0.2, 0) is 4.74 Å². The molecule has 0 radical (unpaired) electrons. The minimum atomic E-state index is 0.270. The standard InChI is InChI=1S/C11H17N3O/c1-9-6-12-3-2-11(9)14-8-10-7-13-4-5-15-10/h2-3,6,10,13H,4-5,7-8H2,1H3,(H,12,14). The second kappa shape index (κ2) is 5.09. The van der Waals surface area contributed by atoms with E-state index in [1.807, 2.05) is 12.3 Å². The Hall–Kier alpha value is -1.13. The summed E-state index contributed by atoms with van der Waals surface area (Å²) in [7, 11) is 0. The summed E-state index contributed by atoms with van der Waals surface area (Å²) in [6.07, 6.45) is 3.93. The fraction of sp³-hybridized carbons (Fsp3) is 0.545. The fourth-order valence-corrected chi connectivity index (χ4v) is 1.65. The molecular weight excluding hydrogens is 190 g/mol. The van der Waals surface area contributed by atoms with Crippen molar-refractivity contribution >= 4 is 5.69 Å². The van der Waals surface area contributed by atoms with Gasteiger partial charge >= 0.3 is 0 Å². The number of nitrogens with one attached hydrogen (secondary N) is 2. The van der Waals surface area contributed by atoms with E-state index in [1.54, 1.807) is 6.20 Å². The Morgan fingerprint density at radius 1 is 1.67 bits per heavy atom. The number of nitrogens with zero attached hydrogens (tertiary/aromatic N) is 1. The molecule has 0 bridgehead atoms. The second-order valence-electron chi connectivity index (χ2n) is 3.77. The molecule has 82 valence electrons. The molecule has 2 rings (SSSR count). The van der Waals surface area contributed by atoms with Crippen LogP contribution in [0.4, 0.5) is 5.69 Å². The Bertz CT molecular complexity index is 310. The van der Waals surface area contributed by atoms with Crippen molar-refractivity contribution in [1.29, 1.82) is 0 Å². The molecule has 15 heavy (non-hydrogen) atoms. The molecule has 4 nitrogen and oxygen atoms in total. The van der Waals surface area contributed by atoms with E-state index in [2.05, 4.69) is 22.5 Å². The van der Waals surface area contributed by atoms with E-state index < -0.39 is 0 Å². The number of hydrogen-bond donors (Lipinski definition) is 2. The molecule has 2 N–H and O–H groups in total. The number of rotatable bonds is 3. The number of hydrogen-bond acceptors (Lipinski definition) is 4. The molecule has 1 atom stereocenters. The van der Waals surface area contributed by atoms with Crippen molar-refractivity contribution < 1.29 is 4.74 Å². The highest BCUT2D eigenvalue weighted by atomic mass is 16.5. The summed E-state index contributed by atoms with van der Waals surface area (Å²) < 4.78 is 5.60. The van der Waals surface area contributed by atoms with Crippen LogP contribution in [0.1, 0.15) is 5.56 Å². The first kappa shape index (κ1) is 10.4. The van der Waals surface area contributed by atoms with Crippen LogP contribution in [0.5, 0.6) is 0 Å². The third-order valence-electron chi connectivity index (χ3n) is 2.54. The number of morpholine rings is 1. The fourth-order valence-electron chi connectivity index (χ4n) is 1.65. The lowest BCUT2D eigenvalue weighted by atomic mass is 10.2. The predicted molar refractivity (Wildman–Crippen MR) is 60.1 cm³/mol. The molecule has 0 saturated carbocycles. The van der Waals surface area contributed by atoms with Crippen LogP contribution in [0.2, 0.25) is 0 Å². The molecule has 0 amide bonds. The zero-order valence-electron chi connectivity index (χ0n) is 8.99. The maximum atomic E-state index is 5.60. The number of aryl methyl sites for hydroxylation is 1. The summed E-state index contributed by atoms with van der Waals surface area (Å²) in [5.74, 6) is 0. The van der Waals surface area contributed by atoms with Crippen LogP contribution in [0.15, 0.2) is 18.5 Å². The quantitative estimate of drug-likeness (QED) is 0.769. The molecule has 0 aliphatic carbocycles. The van der Waals surface area contributed by atoms with Gasteiger partial charge in [-0.2, -0.15) is 0 Å². The van der Waals surface area contributed by atoms with E-state index >= 15 is 0 Å². The van der Waals surface area contributed by atoms with Gasteiger partial charge in [-0.05, 0) is 18.6 Å². The molecule has 1 aliphatic rings. The maximum absolute atomic E-state index is 5.60. The molecule has 1 unspecified atom stereocenters. The Morgan fingerprint density at radius 3 is 3.33 bits per heavy atom. The minimum Gasteiger partial charge on any atom is -0.382 e. The normalized spacial score (nSPS) is 21.3. The summed E-state index contributed by atoms with van der Waals surface area (Å²) in [6.45, 7) is 5.59. The van der Waals surface area contributed by atoms with Gasteiger partial charge in [0.1, 0.15) is 0 Å². The van der Waals surface area contributed by atoms with E-state index in [1.165, 1.54) is 5.56 Å². The van der Waals surface area contributed by atoms with E-state index in [-0.39, 0.29) is 6.10 Å². The monoisotopic (exact) mass is 207 g/mol. The summed E-state index contributed by atoms with van der Waals surface area (Å²) >= 11 is 0. The average molecular weight is 207 g/mol. The van der Waals surface area contributed by atoms with Crippen molar-refractivity contribution in [3.63, 3.8) is 0 Å². The zero-order valence-corrected chi connectivity index (χ0v) is 8.99. The van der Waals surface area contributed by atoms with Crippen LogP contribution in [0.3, 0.4) is 0 Å². The van der Waals surface area contributed by atoms with Gasteiger partial charge in [-0.3, -0.25) is 4.98 Å². The van der Waals surface area contributed by atoms with E-state index in [4.69, 9.17) is 4.74 Å². The molecule has 0 aromatic carbocycles. The summed E-state index contributed by atoms with van der Waals surface area (Å²) in [4.78, 5) is 4.06. The van der Waals surface area contributed by atoms with Crippen molar-refractivity contribution in [2.75, 3.05) is 31.6 Å². The zero-order chi connectivity index (χ0) is 10.5. The first-order chi connectivity index (χ1) is 7.36. The maximum Gasteiger partial charge on any atom is 0.0872 e. The first-order valence-corrected chi connectivity index (χ1v) is 5.33. The van der Waals surface area contributed by atoms with Gasteiger partial charge in [-0.15, -0.1) is 0 Å². The molecule has 4 heteroatoms. The van der Waals surface area contributed by atoms with Gasteiger partial charge < -0.3 is 15.4 Å². The molecule has 1 fully saturated rings. The highest BCUT2D eigenvalue weighted by molar-refractivity contribution is 5.48. The second-order valence-corrected chi connectivity index (χ2v) is 3.77. The Labute approximate surface area is 90.0 Å². The van der Waals surface area contributed by atoms with Crippen molar-refractivity contribution in [2.24, 2.45) is 0 Å². The summed E-state index contributed by atoms with van der Waals surface area (Å²) in [6, 6.07) is 1.99. The Balaban J connectivity index is 1.84. The van der Waals surface area contributed by atoms with Gasteiger partial charge in [-0.1, -0.05) is 0 Å². The largest absolute Gasteiger partial charge is 0.382 e. The number of anilines is 1. The van der Waals surface area contributed by atoms with Gasteiger partial charge in [-0.25, -0.2) is 0 Å². The van der Waals surface area contributed by atoms with Crippen LogP contribution >= 0.6 is 0 Å². The van der Waals surface area contributed by atoms with Crippen LogP contribution in [0.25, 0.3) is 0 Å². The molecule has 1 aliphatic heterocycles. The van der Waals surface area contributed by atoms with E-state index in [0.717, 1.165) is 31.9 Å². The molecule has 0 spiro atoms. The van der Waals surface area contributed by atoms with E-state index in [9.17, 15) is 0 Å². The van der Waals surface area contributed by atoms with Gasteiger partial charge in [0.05, 0.1) is 12.7 Å². The lowest BCUT2D eigenvalue weighted by Crippen LogP contribution is -2.42. The number of pyridine rings is 1. The lowest BCUT2D eigenvalue weighted by molar-refractivity contribution is 0.0372. The Kier molecular flexibility index (Phi) is 3.53. The highest BCUT2D eigenvalue weighted by Gasteiger charge is 2.12. The SMILES string of the molecule is Cc1cnccc1NCC1CNCCO1. The third-order valence-corrected chi connectivity index (χ3v) is 2.54. The third kappa shape index (κ3) is 2.91. The van der Waals surface area contributed by atoms with Crippen molar-refractivity contribution in [1.82, 2.24) is 10.3 Å². The molecule has 1 aromatic heterocycles. The Morgan fingerprint density at radius 2 is 2.60 bits per heavy atom. The summed E-state index contributed by atoms with van der Waals surface area (Å²) in [5.41, 5.74) is 2.31. The molecule has 1 aromatic rings. The van der Waals surface area contributed by atoms with Gasteiger partial charge in [0.2, 0.25) is 0 Å². The van der Waals surface area contributed by atoms with Crippen LogP contribution < -0.4 is 10.6 Å². The molecule has 1 saturated heterocycles. The topological polar surface area (TPSA) is 46.2 Å². The van der Waals surface area contributed by atoms with Gasteiger partial charge in [0.25, 0.3) is 0 Å². The number of ether oxygens (including phenoxy) is 1. The molecular formula is C11H17N3O. The van der Waals surface area contributed by atoms with Crippen molar-refractivity contribution in [3.8, 4) is 0 Å². The van der Waals surface area contributed by atoms with Crippen molar-refractivity contribution in [2.45, 2.75) is 13.0 Å².